The third kappa shape index (κ3) is 4.15. The predicted octanol–water partition coefficient (Wildman–Crippen LogP) is 2.69. The summed E-state index contributed by atoms with van der Waals surface area (Å²) < 4.78 is 27.4. The van der Waals surface area contributed by atoms with Crippen LogP contribution in [0.25, 0.3) is 0 Å². The molecule has 0 spiro atoms. The Morgan fingerprint density at radius 1 is 1.45 bits per heavy atom. The second-order valence-corrected chi connectivity index (χ2v) is 7.42. The van der Waals surface area contributed by atoms with Crippen molar-refractivity contribution in [2.24, 2.45) is 11.7 Å². The summed E-state index contributed by atoms with van der Waals surface area (Å²) in [6.07, 6.45) is 0.708. The van der Waals surface area contributed by atoms with Crippen molar-refractivity contribution in [2.75, 3.05) is 0 Å². The summed E-state index contributed by atoms with van der Waals surface area (Å²) in [5.41, 5.74) is 6.03. The molecule has 1 aromatic carbocycles. The van der Waals surface area contributed by atoms with E-state index in [0.717, 1.165) is 0 Å². The van der Waals surface area contributed by atoms with Crippen LogP contribution in [-0.2, 0) is 10.0 Å². The van der Waals surface area contributed by atoms with Crippen molar-refractivity contribution in [3.8, 4) is 0 Å². The Morgan fingerprint density at radius 3 is 2.45 bits per heavy atom. The minimum absolute atomic E-state index is 0.0401. The summed E-state index contributed by atoms with van der Waals surface area (Å²) in [6.45, 7) is 5.87. The molecule has 3 N–H and O–H groups in total. The molecule has 0 saturated heterocycles. The van der Waals surface area contributed by atoms with Gasteiger partial charge in [-0.25, -0.2) is 13.1 Å². The monoisotopic (exact) mass is 334 g/mol. The molecule has 1 rings (SSSR count). The lowest BCUT2D eigenvalue weighted by Crippen LogP contribution is -2.38. The van der Waals surface area contributed by atoms with E-state index in [1.807, 2.05) is 20.8 Å². The van der Waals surface area contributed by atoms with Crippen LogP contribution in [0.15, 0.2) is 23.1 Å². The van der Waals surface area contributed by atoms with E-state index in [4.69, 9.17) is 29.6 Å². The summed E-state index contributed by atoms with van der Waals surface area (Å²) in [7, 11) is -3.66. The second kappa shape index (κ2) is 6.85. The average molecular weight is 335 g/mol. The van der Waals surface area contributed by atoms with Crippen LogP contribution in [0.3, 0.4) is 0 Å². The number of hydrogen-bond donors (Lipinski definition) is 2. The summed E-state index contributed by atoms with van der Waals surface area (Å²) in [4.78, 5) is 0.218. The van der Waals surface area contributed by atoms with Gasteiger partial charge in [-0.15, -0.1) is 0 Å². The third-order valence-corrected chi connectivity index (χ3v) is 5.27. The Morgan fingerprint density at radius 2 is 2.05 bits per heavy atom. The molecule has 0 bridgehead atoms. The number of nitrogens with two attached hydrogens (primary N) is 1. The second-order valence-electron chi connectivity index (χ2n) is 4.89. The molecule has 0 aliphatic heterocycles. The highest BCUT2D eigenvalue weighted by atomic mass is 35.5. The van der Waals surface area contributed by atoms with E-state index in [1.54, 1.807) is 6.07 Å². The molecule has 7 heteroatoms. The van der Waals surface area contributed by atoms with Crippen molar-refractivity contribution in [3.05, 3.63) is 28.8 Å². The molecule has 0 radical (unpaired) electrons. The Bertz CT molecular complexity index is 600. The average Bonchev–Trinajstić information content (AvgIpc) is 2.35. The number of thiocarbonyl (C=S) groups is 1. The normalized spacial score (nSPS) is 13.4. The lowest BCUT2D eigenvalue weighted by Gasteiger charge is -2.21. The Labute approximate surface area is 130 Å². The Kier molecular flexibility index (Phi) is 5.94. The van der Waals surface area contributed by atoms with Gasteiger partial charge in [-0.3, -0.25) is 0 Å². The SMILES string of the molecule is CCC(NS(=O)(=O)c1ccc(C(N)=S)cc1Cl)C(C)C. The molecule has 4 nitrogen and oxygen atoms in total. The Balaban J connectivity index is 3.13. The largest absolute Gasteiger partial charge is 0.389 e. The van der Waals surface area contributed by atoms with Gasteiger partial charge >= 0.3 is 0 Å². The van der Waals surface area contributed by atoms with Crippen molar-refractivity contribution in [1.29, 1.82) is 0 Å². The van der Waals surface area contributed by atoms with E-state index in [2.05, 4.69) is 4.72 Å². The van der Waals surface area contributed by atoms with Crippen LogP contribution in [0.5, 0.6) is 0 Å². The zero-order valence-corrected chi connectivity index (χ0v) is 14.1. The molecule has 112 valence electrons. The zero-order valence-electron chi connectivity index (χ0n) is 11.7. The van der Waals surface area contributed by atoms with Crippen LogP contribution in [0, 0.1) is 5.92 Å². The summed E-state index contributed by atoms with van der Waals surface area (Å²) in [6, 6.07) is 4.31. The van der Waals surface area contributed by atoms with Gasteiger partial charge in [0.1, 0.15) is 9.88 Å². The van der Waals surface area contributed by atoms with Crippen molar-refractivity contribution < 1.29 is 8.42 Å². The van der Waals surface area contributed by atoms with Crippen molar-refractivity contribution in [2.45, 2.75) is 38.1 Å². The highest BCUT2D eigenvalue weighted by Gasteiger charge is 2.23. The minimum atomic E-state index is -3.66. The number of halogens is 1. The lowest BCUT2D eigenvalue weighted by atomic mass is 10.0. The van der Waals surface area contributed by atoms with Crippen LogP contribution in [-0.4, -0.2) is 19.4 Å². The van der Waals surface area contributed by atoms with Gasteiger partial charge < -0.3 is 5.73 Å². The van der Waals surface area contributed by atoms with Gasteiger partial charge in [0.2, 0.25) is 10.0 Å². The molecular formula is C13H19ClN2O2S2. The van der Waals surface area contributed by atoms with E-state index in [-0.39, 0.29) is 26.9 Å². The van der Waals surface area contributed by atoms with Crippen LogP contribution in [0.1, 0.15) is 32.8 Å². The number of rotatable bonds is 6. The van der Waals surface area contributed by atoms with Crippen LogP contribution < -0.4 is 10.5 Å². The fourth-order valence-electron chi connectivity index (χ4n) is 1.83. The van der Waals surface area contributed by atoms with E-state index >= 15 is 0 Å². The standard InChI is InChI=1S/C13H19ClN2O2S2/c1-4-11(8(2)3)16-20(17,18)12-6-5-9(13(15)19)7-10(12)14/h5-8,11,16H,4H2,1-3H3,(H2,15,19). The smallest absolute Gasteiger partial charge is 0.242 e. The summed E-state index contributed by atoms with van der Waals surface area (Å²) in [5.74, 6) is 0.199. The summed E-state index contributed by atoms with van der Waals surface area (Å²) >= 11 is 10.9. The third-order valence-electron chi connectivity index (χ3n) is 3.06. The van der Waals surface area contributed by atoms with Crippen LogP contribution in [0.2, 0.25) is 5.02 Å². The highest BCUT2D eigenvalue weighted by Crippen LogP contribution is 2.23. The van der Waals surface area contributed by atoms with Gasteiger partial charge in [-0.1, -0.05) is 50.7 Å². The fourth-order valence-corrected chi connectivity index (χ4v) is 3.97. The topological polar surface area (TPSA) is 72.2 Å². The molecule has 20 heavy (non-hydrogen) atoms. The van der Waals surface area contributed by atoms with E-state index in [1.165, 1.54) is 12.1 Å². The van der Waals surface area contributed by atoms with E-state index < -0.39 is 10.0 Å². The first-order chi connectivity index (χ1) is 9.19. The molecule has 1 atom stereocenters. The maximum atomic E-state index is 12.3. The zero-order chi connectivity index (χ0) is 15.5. The maximum absolute atomic E-state index is 12.3. The van der Waals surface area contributed by atoms with Crippen molar-refractivity contribution in [3.63, 3.8) is 0 Å². The van der Waals surface area contributed by atoms with Gasteiger partial charge in [-0.2, -0.15) is 0 Å². The molecule has 0 heterocycles. The number of sulfonamides is 1. The first kappa shape index (κ1) is 17.4. The molecule has 0 saturated carbocycles. The lowest BCUT2D eigenvalue weighted by molar-refractivity contribution is 0.437. The number of nitrogens with one attached hydrogen (secondary N) is 1. The van der Waals surface area contributed by atoms with Gasteiger partial charge in [0.25, 0.3) is 0 Å². The molecule has 0 aliphatic carbocycles. The van der Waals surface area contributed by atoms with E-state index in [9.17, 15) is 8.42 Å². The van der Waals surface area contributed by atoms with Crippen LogP contribution in [0.4, 0.5) is 0 Å². The van der Waals surface area contributed by atoms with Gasteiger partial charge in [-0.05, 0) is 24.5 Å². The maximum Gasteiger partial charge on any atom is 0.242 e. The molecule has 0 fully saturated rings. The molecule has 0 aromatic heterocycles. The van der Waals surface area contributed by atoms with Crippen LogP contribution >= 0.6 is 23.8 Å². The molecule has 1 unspecified atom stereocenters. The van der Waals surface area contributed by atoms with Crippen molar-refractivity contribution in [1.82, 2.24) is 4.72 Å². The quantitative estimate of drug-likeness (QED) is 0.784. The molecular weight excluding hydrogens is 316 g/mol. The van der Waals surface area contributed by atoms with Gasteiger partial charge in [0, 0.05) is 11.6 Å². The fraction of sp³-hybridized carbons (Fsp3) is 0.462. The highest BCUT2D eigenvalue weighted by molar-refractivity contribution is 7.89. The molecule has 0 amide bonds. The number of hydrogen-bond acceptors (Lipinski definition) is 3. The summed E-state index contributed by atoms with van der Waals surface area (Å²) in [5, 5.41) is 0.112. The number of benzene rings is 1. The predicted molar refractivity (Wildman–Crippen MR) is 86.6 cm³/mol. The molecule has 1 aromatic rings. The van der Waals surface area contributed by atoms with Crippen molar-refractivity contribution >= 4 is 38.8 Å². The van der Waals surface area contributed by atoms with Gasteiger partial charge in [0.15, 0.2) is 0 Å². The Hall–Kier alpha value is -0.690. The first-order valence-electron chi connectivity index (χ1n) is 6.30. The van der Waals surface area contributed by atoms with Gasteiger partial charge in [0.05, 0.1) is 5.02 Å². The molecule has 0 aliphatic rings. The minimum Gasteiger partial charge on any atom is -0.389 e. The van der Waals surface area contributed by atoms with E-state index in [0.29, 0.717) is 12.0 Å². The first-order valence-corrected chi connectivity index (χ1v) is 8.57.